The van der Waals surface area contributed by atoms with Gasteiger partial charge in [0.25, 0.3) is 5.56 Å². The van der Waals surface area contributed by atoms with E-state index in [0.29, 0.717) is 11.0 Å². The van der Waals surface area contributed by atoms with Crippen LogP contribution in [0.25, 0.3) is 21.9 Å². The van der Waals surface area contributed by atoms with Crippen LogP contribution in [0.3, 0.4) is 0 Å². The zero-order valence-corrected chi connectivity index (χ0v) is 15.7. The summed E-state index contributed by atoms with van der Waals surface area (Å²) in [6, 6.07) is 5.37. The number of benzene rings is 1. The molecule has 0 radical (unpaired) electrons. The summed E-state index contributed by atoms with van der Waals surface area (Å²) in [6.45, 7) is 4.68. The molecule has 0 amide bonds. The molecule has 0 spiro atoms. The summed E-state index contributed by atoms with van der Waals surface area (Å²) in [5.41, 5.74) is 3.13. The van der Waals surface area contributed by atoms with E-state index in [4.69, 9.17) is 4.98 Å². The maximum Gasteiger partial charge on any atom is 0.262 e. The Kier molecular flexibility index (Phi) is 3.62. The minimum Gasteiger partial charge on any atom is -0.507 e. The third kappa shape index (κ3) is 2.32. The molecule has 122 valence electrons. The predicted molar refractivity (Wildman–Crippen MR) is 102 cm³/mol. The Bertz CT molecular complexity index is 1080. The van der Waals surface area contributed by atoms with Crippen LogP contribution in [0.2, 0.25) is 0 Å². The summed E-state index contributed by atoms with van der Waals surface area (Å²) in [6.07, 6.45) is 2.82. The molecule has 3 aromatic rings. The van der Waals surface area contributed by atoms with E-state index >= 15 is 0 Å². The van der Waals surface area contributed by atoms with Gasteiger partial charge in [-0.1, -0.05) is 6.07 Å². The number of nitrogens with zero attached hydrogens (tertiary/aromatic N) is 2. The molecule has 24 heavy (non-hydrogen) atoms. The number of halogens is 1. The van der Waals surface area contributed by atoms with Crippen LogP contribution < -0.4 is 5.56 Å². The number of aryl methyl sites for hydroxylation is 2. The molecule has 0 unspecified atom stereocenters. The van der Waals surface area contributed by atoms with Crippen molar-refractivity contribution < 1.29 is 5.11 Å². The van der Waals surface area contributed by atoms with Crippen LogP contribution in [-0.4, -0.2) is 14.7 Å². The number of allylic oxidation sites excluding steroid dienone is 1. The Balaban J connectivity index is 1.90. The molecule has 4 rings (SSSR count). The predicted octanol–water partition coefficient (Wildman–Crippen LogP) is 4.49. The minimum absolute atomic E-state index is 0.0622. The maximum absolute atomic E-state index is 12.8. The molecular weight excluding hydrogens is 388 g/mol. The van der Waals surface area contributed by atoms with Crippen LogP contribution in [0.15, 0.2) is 27.5 Å². The second-order valence-electron chi connectivity index (χ2n) is 5.99. The van der Waals surface area contributed by atoms with Gasteiger partial charge in [-0.2, -0.15) is 0 Å². The van der Waals surface area contributed by atoms with Gasteiger partial charge in [0.1, 0.15) is 16.4 Å². The van der Waals surface area contributed by atoms with Gasteiger partial charge in [0.2, 0.25) is 0 Å². The molecule has 1 aromatic carbocycles. The number of hydrogen-bond donors (Lipinski definition) is 1. The molecule has 0 aliphatic carbocycles. The van der Waals surface area contributed by atoms with E-state index in [1.807, 2.05) is 32.1 Å². The van der Waals surface area contributed by atoms with Gasteiger partial charge >= 0.3 is 0 Å². The van der Waals surface area contributed by atoms with Crippen LogP contribution >= 0.6 is 27.3 Å². The molecule has 1 aliphatic heterocycles. The van der Waals surface area contributed by atoms with Crippen molar-refractivity contribution in [2.45, 2.75) is 26.8 Å². The quantitative estimate of drug-likeness (QED) is 0.652. The Hall–Kier alpha value is -1.92. The van der Waals surface area contributed by atoms with E-state index in [9.17, 15) is 9.90 Å². The first-order chi connectivity index (χ1) is 11.5. The average Bonchev–Trinajstić information content (AvgIpc) is 3.06. The second kappa shape index (κ2) is 5.57. The molecule has 0 fully saturated rings. The highest BCUT2D eigenvalue weighted by atomic mass is 79.9. The second-order valence-corrected chi connectivity index (χ2v) is 8.04. The number of hydrogen-bond acceptors (Lipinski definition) is 4. The van der Waals surface area contributed by atoms with Crippen molar-refractivity contribution in [3.05, 3.63) is 54.9 Å². The highest BCUT2D eigenvalue weighted by Gasteiger charge is 2.23. The number of rotatable bonds is 1. The highest BCUT2D eigenvalue weighted by molar-refractivity contribution is 9.10. The lowest BCUT2D eigenvalue weighted by Gasteiger charge is -2.04. The smallest absolute Gasteiger partial charge is 0.262 e. The molecular formula is C18H15BrN2O2S. The Morgan fingerprint density at radius 3 is 2.92 bits per heavy atom. The van der Waals surface area contributed by atoms with Gasteiger partial charge in [-0.3, -0.25) is 9.36 Å². The van der Waals surface area contributed by atoms with Crippen molar-refractivity contribution in [2.24, 2.45) is 0 Å². The summed E-state index contributed by atoms with van der Waals surface area (Å²) in [7, 11) is 0. The Labute approximate surface area is 151 Å². The summed E-state index contributed by atoms with van der Waals surface area (Å²) in [4.78, 5) is 19.5. The lowest BCUT2D eigenvalue weighted by Crippen LogP contribution is -2.20. The molecule has 1 N–H and O–H groups in total. The number of phenols is 1. The molecule has 6 heteroatoms. The lowest BCUT2D eigenvalue weighted by molar-refractivity contribution is 0.472. The van der Waals surface area contributed by atoms with Gasteiger partial charge in [-0.05, 0) is 71.1 Å². The Morgan fingerprint density at radius 2 is 2.17 bits per heavy atom. The normalized spacial score (nSPS) is 15.4. The van der Waals surface area contributed by atoms with Crippen molar-refractivity contribution in [3.8, 4) is 5.75 Å². The minimum atomic E-state index is 0.0622. The highest BCUT2D eigenvalue weighted by Crippen LogP contribution is 2.33. The molecule has 3 heterocycles. The number of thiophene rings is 1. The fraction of sp³-hybridized carbons (Fsp3) is 0.222. The first-order valence-corrected chi connectivity index (χ1v) is 9.26. The summed E-state index contributed by atoms with van der Waals surface area (Å²) >= 11 is 4.91. The van der Waals surface area contributed by atoms with E-state index < -0.39 is 0 Å². The van der Waals surface area contributed by atoms with E-state index in [-0.39, 0.29) is 11.3 Å². The first kappa shape index (κ1) is 15.6. The molecule has 1 aliphatic rings. The lowest BCUT2D eigenvalue weighted by atomic mass is 10.1. The van der Waals surface area contributed by atoms with Crippen LogP contribution in [0.5, 0.6) is 5.75 Å². The van der Waals surface area contributed by atoms with Gasteiger partial charge < -0.3 is 5.11 Å². The zero-order chi connectivity index (χ0) is 17.0. The van der Waals surface area contributed by atoms with Gasteiger partial charge in [0.15, 0.2) is 0 Å². The molecule has 0 atom stereocenters. The number of phenolic OH excluding ortho intramolecular Hbond substituents is 1. The van der Waals surface area contributed by atoms with Crippen molar-refractivity contribution in [1.82, 2.24) is 9.55 Å². The van der Waals surface area contributed by atoms with Crippen LogP contribution in [0.4, 0.5) is 0 Å². The standard InChI is InChI=1S/C18H15BrN2O2S/c1-9-10(2)24-17-15(9)18(23)21-6-5-12(16(21)20-17)7-11-3-4-14(22)13(19)8-11/h3-4,7-8,22H,5-6H2,1-2H3/b12-7-. The van der Waals surface area contributed by atoms with E-state index in [1.165, 1.54) is 0 Å². The van der Waals surface area contributed by atoms with Crippen molar-refractivity contribution in [3.63, 3.8) is 0 Å². The average molecular weight is 403 g/mol. The monoisotopic (exact) mass is 402 g/mol. The molecule has 0 bridgehead atoms. The third-order valence-corrected chi connectivity index (χ3v) is 6.23. The van der Waals surface area contributed by atoms with E-state index in [1.54, 1.807) is 22.0 Å². The molecule has 2 aromatic heterocycles. The maximum atomic E-state index is 12.8. The topological polar surface area (TPSA) is 55.1 Å². The Morgan fingerprint density at radius 1 is 1.38 bits per heavy atom. The van der Waals surface area contributed by atoms with E-state index in [2.05, 4.69) is 15.9 Å². The summed E-state index contributed by atoms with van der Waals surface area (Å²) in [5.74, 6) is 0.975. The molecule has 0 saturated carbocycles. The number of aromatic nitrogens is 2. The van der Waals surface area contributed by atoms with Crippen LogP contribution in [0.1, 0.15) is 28.2 Å². The van der Waals surface area contributed by atoms with E-state index in [0.717, 1.165) is 44.0 Å². The number of fused-ring (bicyclic) bond motifs is 2. The van der Waals surface area contributed by atoms with Gasteiger partial charge in [0.05, 0.1) is 9.86 Å². The van der Waals surface area contributed by atoms with Crippen LogP contribution in [0, 0.1) is 13.8 Å². The van der Waals surface area contributed by atoms with Gasteiger partial charge in [-0.25, -0.2) is 4.98 Å². The van der Waals surface area contributed by atoms with Crippen molar-refractivity contribution in [1.29, 1.82) is 0 Å². The van der Waals surface area contributed by atoms with Crippen LogP contribution in [-0.2, 0) is 6.54 Å². The number of aromatic hydroxyl groups is 1. The largest absolute Gasteiger partial charge is 0.507 e. The van der Waals surface area contributed by atoms with Gasteiger partial charge in [-0.15, -0.1) is 11.3 Å². The van der Waals surface area contributed by atoms with Crippen molar-refractivity contribution >= 4 is 49.1 Å². The van der Waals surface area contributed by atoms with Gasteiger partial charge in [0, 0.05) is 11.4 Å². The third-order valence-electron chi connectivity index (χ3n) is 4.49. The molecule has 0 saturated heterocycles. The SMILES string of the molecule is Cc1sc2nc3n(c(=O)c2c1C)CC/C3=C/c1ccc(O)c(Br)c1. The summed E-state index contributed by atoms with van der Waals surface area (Å²) < 4.78 is 2.43. The fourth-order valence-electron chi connectivity index (χ4n) is 3.07. The first-order valence-electron chi connectivity index (χ1n) is 7.65. The zero-order valence-electron chi connectivity index (χ0n) is 13.3. The molecule has 4 nitrogen and oxygen atoms in total. The van der Waals surface area contributed by atoms with Crippen molar-refractivity contribution in [2.75, 3.05) is 0 Å². The summed E-state index contributed by atoms with van der Waals surface area (Å²) in [5, 5.41) is 10.4. The fourth-order valence-corrected chi connectivity index (χ4v) is 4.49.